The summed E-state index contributed by atoms with van der Waals surface area (Å²) in [5.74, 6) is -0.614. The lowest BCUT2D eigenvalue weighted by atomic mass is 10.3. The summed E-state index contributed by atoms with van der Waals surface area (Å²) in [6.07, 6.45) is 0. The monoisotopic (exact) mass is 304 g/mol. The van der Waals surface area contributed by atoms with Gasteiger partial charge in [-0.3, -0.25) is 0 Å². The van der Waals surface area contributed by atoms with Crippen molar-refractivity contribution in [3.63, 3.8) is 0 Å². The Labute approximate surface area is 116 Å². The van der Waals surface area contributed by atoms with Gasteiger partial charge in [0.25, 0.3) is 0 Å². The molecule has 0 unspecified atom stereocenters. The molecular formula is C11H16N2O4S2. The number of hydrogen-bond donors (Lipinski definition) is 1. The molecule has 1 saturated heterocycles. The van der Waals surface area contributed by atoms with Gasteiger partial charge in [0.05, 0.1) is 7.11 Å². The van der Waals surface area contributed by atoms with Crippen molar-refractivity contribution in [2.45, 2.75) is 17.9 Å². The summed E-state index contributed by atoms with van der Waals surface area (Å²) in [6.45, 7) is 3.34. The molecule has 0 amide bonds. The van der Waals surface area contributed by atoms with E-state index in [4.69, 9.17) is 0 Å². The van der Waals surface area contributed by atoms with E-state index in [1.54, 1.807) is 5.38 Å². The number of sulfonamides is 1. The summed E-state index contributed by atoms with van der Waals surface area (Å²) in [6, 6.07) is 1.56. The molecule has 106 valence electrons. The van der Waals surface area contributed by atoms with Crippen LogP contribution in [0.2, 0.25) is 0 Å². The van der Waals surface area contributed by atoms with E-state index in [1.165, 1.54) is 17.5 Å². The maximum Gasteiger partial charge on any atom is 0.349 e. The fourth-order valence-corrected chi connectivity index (χ4v) is 4.83. The third-order valence-corrected chi connectivity index (χ3v) is 5.88. The third kappa shape index (κ3) is 2.81. The van der Waals surface area contributed by atoms with Crippen LogP contribution in [0.15, 0.2) is 16.3 Å². The van der Waals surface area contributed by atoms with E-state index < -0.39 is 16.0 Å². The predicted octanol–water partition coefficient (Wildman–Crippen LogP) is 0.517. The molecular weight excluding hydrogens is 288 g/mol. The van der Waals surface area contributed by atoms with Crippen LogP contribution in [0, 0.1) is 0 Å². The molecule has 1 aliphatic rings. The number of piperazine rings is 1. The Balaban J connectivity index is 2.34. The molecule has 0 saturated carbocycles. The summed E-state index contributed by atoms with van der Waals surface area (Å²) >= 11 is 1.08. The number of rotatable bonds is 3. The lowest BCUT2D eigenvalue weighted by Crippen LogP contribution is -2.51. The normalized spacial score (nSPS) is 21.3. The zero-order valence-corrected chi connectivity index (χ0v) is 12.4. The summed E-state index contributed by atoms with van der Waals surface area (Å²) in [4.78, 5) is 11.8. The average molecular weight is 304 g/mol. The molecule has 1 aromatic heterocycles. The van der Waals surface area contributed by atoms with Gasteiger partial charge >= 0.3 is 5.97 Å². The van der Waals surface area contributed by atoms with Crippen LogP contribution in [0.4, 0.5) is 0 Å². The molecule has 0 aliphatic carbocycles. The molecule has 0 aromatic carbocycles. The number of methoxy groups -OCH3 is 1. The van der Waals surface area contributed by atoms with Crippen LogP contribution in [0.3, 0.4) is 0 Å². The van der Waals surface area contributed by atoms with Crippen molar-refractivity contribution in [1.29, 1.82) is 0 Å². The highest BCUT2D eigenvalue weighted by molar-refractivity contribution is 7.89. The first-order chi connectivity index (χ1) is 8.96. The highest BCUT2D eigenvalue weighted by atomic mass is 32.2. The van der Waals surface area contributed by atoms with Crippen molar-refractivity contribution in [3.05, 3.63) is 16.3 Å². The second-order valence-electron chi connectivity index (χ2n) is 4.32. The van der Waals surface area contributed by atoms with E-state index in [-0.39, 0.29) is 15.8 Å². The molecule has 2 heterocycles. The van der Waals surface area contributed by atoms with E-state index in [2.05, 4.69) is 10.1 Å². The predicted molar refractivity (Wildman–Crippen MR) is 71.9 cm³/mol. The van der Waals surface area contributed by atoms with Crippen molar-refractivity contribution in [2.75, 3.05) is 26.7 Å². The van der Waals surface area contributed by atoms with Crippen LogP contribution in [0.5, 0.6) is 0 Å². The van der Waals surface area contributed by atoms with E-state index >= 15 is 0 Å². The molecule has 8 heteroatoms. The van der Waals surface area contributed by atoms with E-state index in [9.17, 15) is 13.2 Å². The van der Waals surface area contributed by atoms with Gasteiger partial charge in [0.2, 0.25) is 10.0 Å². The Morgan fingerprint density at radius 3 is 2.95 bits per heavy atom. The Morgan fingerprint density at radius 1 is 1.58 bits per heavy atom. The smallest absolute Gasteiger partial charge is 0.349 e. The van der Waals surface area contributed by atoms with Gasteiger partial charge in [0, 0.05) is 25.7 Å². The number of hydrogen-bond acceptors (Lipinski definition) is 6. The van der Waals surface area contributed by atoms with Gasteiger partial charge in [0.1, 0.15) is 9.77 Å². The molecule has 19 heavy (non-hydrogen) atoms. The standard InChI is InChI=1S/C11H16N2O4S2/c1-8-7-13(5-4-12-8)19(15,16)9-3-6-18-10(9)11(14)17-2/h3,6,8,12H,4-5,7H2,1-2H3/t8-/m0/s1. The Morgan fingerprint density at radius 2 is 2.32 bits per heavy atom. The molecule has 1 aromatic rings. The quantitative estimate of drug-likeness (QED) is 0.824. The van der Waals surface area contributed by atoms with E-state index in [0.717, 1.165) is 11.3 Å². The summed E-state index contributed by atoms with van der Waals surface area (Å²) in [5.41, 5.74) is 0. The first kappa shape index (κ1) is 14.4. The van der Waals surface area contributed by atoms with Crippen LogP contribution >= 0.6 is 11.3 Å². The fraction of sp³-hybridized carbons (Fsp3) is 0.545. The van der Waals surface area contributed by atoms with Crippen LogP contribution in [-0.4, -0.2) is 51.5 Å². The Kier molecular flexibility index (Phi) is 4.24. The highest BCUT2D eigenvalue weighted by Gasteiger charge is 2.32. The molecule has 0 bridgehead atoms. The molecule has 6 nitrogen and oxygen atoms in total. The van der Waals surface area contributed by atoms with Crippen LogP contribution < -0.4 is 5.32 Å². The van der Waals surface area contributed by atoms with Crippen LogP contribution in [-0.2, 0) is 14.8 Å². The largest absolute Gasteiger partial charge is 0.465 e. The zero-order valence-electron chi connectivity index (χ0n) is 10.8. The first-order valence-corrected chi connectivity index (χ1v) is 8.18. The third-order valence-electron chi connectivity index (χ3n) is 2.95. The molecule has 1 aliphatic heterocycles. The molecule has 1 N–H and O–H groups in total. The topological polar surface area (TPSA) is 75.7 Å². The summed E-state index contributed by atoms with van der Waals surface area (Å²) < 4.78 is 31.1. The van der Waals surface area contributed by atoms with Gasteiger partial charge in [0.15, 0.2) is 0 Å². The number of esters is 1. The van der Waals surface area contributed by atoms with Crippen LogP contribution in [0.25, 0.3) is 0 Å². The molecule has 0 radical (unpaired) electrons. The van der Waals surface area contributed by atoms with E-state index in [1.807, 2.05) is 6.92 Å². The van der Waals surface area contributed by atoms with Crippen LogP contribution in [0.1, 0.15) is 16.6 Å². The number of ether oxygens (including phenoxy) is 1. The van der Waals surface area contributed by atoms with Crippen molar-refractivity contribution >= 4 is 27.3 Å². The Bertz CT molecular complexity index is 567. The van der Waals surface area contributed by atoms with Gasteiger partial charge in [-0.1, -0.05) is 0 Å². The number of thiophene rings is 1. The minimum Gasteiger partial charge on any atom is -0.465 e. The van der Waals surface area contributed by atoms with Crippen molar-refractivity contribution in [1.82, 2.24) is 9.62 Å². The first-order valence-electron chi connectivity index (χ1n) is 5.86. The molecule has 0 spiro atoms. The summed E-state index contributed by atoms with van der Waals surface area (Å²) in [7, 11) is -2.39. The minimum atomic E-state index is -3.63. The molecule has 1 fully saturated rings. The molecule has 2 rings (SSSR count). The lowest BCUT2D eigenvalue weighted by molar-refractivity contribution is 0.0602. The minimum absolute atomic E-state index is 0.0402. The zero-order chi connectivity index (χ0) is 14.0. The highest BCUT2D eigenvalue weighted by Crippen LogP contribution is 2.26. The van der Waals surface area contributed by atoms with Crippen molar-refractivity contribution in [3.8, 4) is 0 Å². The fourth-order valence-electron chi connectivity index (χ4n) is 2.00. The Hall–Kier alpha value is -0.960. The number of nitrogens with one attached hydrogen (secondary N) is 1. The second-order valence-corrected chi connectivity index (χ2v) is 7.15. The second kappa shape index (κ2) is 5.58. The maximum absolute atomic E-state index is 12.5. The van der Waals surface area contributed by atoms with Crippen molar-refractivity contribution < 1.29 is 17.9 Å². The summed E-state index contributed by atoms with van der Waals surface area (Å²) in [5, 5.41) is 4.77. The SMILES string of the molecule is COC(=O)c1sccc1S(=O)(=O)N1CCN[C@@H](C)C1. The van der Waals surface area contributed by atoms with Gasteiger partial charge in [-0.2, -0.15) is 4.31 Å². The number of carbonyl (C=O) groups excluding carboxylic acids is 1. The van der Waals surface area contributed by atoms with Gasteiger partial charge in [-0.25, -0.2) is 13.2 Å². The van der Waals surface area contributed by atoms with Gasteiger partial charge in [-0.05, 0) is 18.4 Å². The van der Waals surface area contributed by atoms with Gasteiger partial charge in [-0.15, -0.1) is 11.3 Å². The average Bonchev–Trinajstić information content (AvgIpc) is 2.87. The van der Waals surface area contributed by atoms with E-state index in [0.29, 0.717) is 19.6 Å². The number of nitrogens with zero attached hydrogens (tertiary/aromatic N) is 1. The number of carbonyl (C=O) groups is 1. The molecule has 1 atom stereocenters. The lowest BCUT2D eigenvalue weighted by Gasteiger charge is -2.30. The maximum atomic E-state index is 12.5. The van der Waals surface area contributed by atoms with Gasteiger partial charge < -0.3 is 10.1 Å². The van der Waals surface area contributed by atoms with Crippen molar-refractivity contribution in [2.24, 2.45) is 0 Å².